The molecule has 1 unspecified atom stereocenters. The number of hydrogen-bond donors (Lipinski definition) is 2. The Morgan fingerprint density at radius 1 is 1.33 bits per heavy atom. The molecule has 0 aliphatic carbocycles. The summed E-state index contributed by atoms with van der Waals surface area (Å²) in [6, 6.07) is 3.50. The summed E-state index contributed by atoms with van der Waals surface area (Å²) in [5, 5.41) is 6.39. The predicted molar refractivity (Wildman–Crippen MR) is 88.1 cm³/mol. The molecule has 1 aromatic rings. The van der Waals surface area contributed by atoms with Crippen molar-refractivity contribution in [1.29, 1.82) is 0 Å². The summed E-state index contributed by atoms with van der Waals surface area (Å²) in [4.78, 5) is 18.8. The second-order valence-electron chi connectivity index (χ2n) is 4.92. The first-order valence-corrected chi connectivity index (χ1v) is 7.83. The van der Waals surface area contributed by atoms with Crippen molar-refractivity contribution in [3.63, 3.8) is 0 Å². The van der Waals surface area contributed by atoms with Crippen LogP contribution in [0.3, 0.4) is 0 Å². The Hall–Kier alpha value is -1.33. The fourth-order valence-corrected chi connectivity index (χ4v) is 2.28. The van der Waals surface area contributed by atoms with Crippen LogP contribution in [0, 0.1) is 0 Å². The zero-order chi connectivity index (χ0) is 15.8. The van der Waals surface area contributed by atoms with Crippen LogP contribution in [0.5, 0.6) is 0 Å². The normalized spacial score (nSPS) is 12.3. The molecule has 118 valence electrons. The van der Waals surface area contributed by atoms with Crippen molar-refractivity contribution in [2.45, 2.75) is 33.7 Å². The van der Waals surface area contributed by atoms with Crippen LogP contribution in [-0.2, 0) is 0 Å². The lowest BCUT2D eigenvalue weighted by molar-refractivity contribution is 0.0925. The van der Waals surface area contributed by atoms with Crippen molar-refractivity contribution in [2.75, 3.05) is 31.5 Å². The first-order valence-electron chi connectivity index (χ1n) is 7.45. The van der Waals surface area contributed by atoms with E-state index in [0.717, 1.165) is 26.2 Å². The predicted octanol–water partition coefficient (Wildman–Crippen LogP) is 2.63. The summed E-state index contributed by atoms with van der Waals surface area (Å²) in [5.74, 6) is 0.419. The highest BCUT2D eigenvalue weighted by Crippen LogP contribution is 2.16. The molecule has 21 heavy (non-hydrogen) atoms. The first-order chi connectivity index (χ1) is 10.0. The third-order valence-corrected chi connectivity index (χ3v) is 3.53. The molecule has 0 saturated heterocycles. The second kappa shape index (κ2) is 8.85. The van der Waals surface area contributed by atoms with Crippen molar-refractivity contribution in [3.05, 3.63) is 22.8 Å². The summed E-state index contributed by atoms with van der Waals surface area (Å²) in [7, 11) is 0. The minimum absolute atomic E-state index is 0.0399. The van der Waals surface area contributed by atoms with Gasteiger partial charge in [0.05, 0.1) is 5.02 Å². The van der Waals surface area contributed by atoms with Crippen LogP contribution in [-0.4, -0.2) is 48.0 Å². The molecule has 0 saturated carbocycles. The Labute approximate surface area is 132 Å². The largest absolute Gasteiger partial charge is 0.370 e. The standard InChI is InChI=1S/C15H25ClN4O/c1-5-17-13-9-8-12(16)14(19-13)15(21)18-11(4)10-20(6-2)7-3/h8-9,11H,5-7,10H2,1-4H3,(H,17,19)(H,18,21). The Bertz CT molecular complexity index is 463. The lowest BCUT2D eigenvalue weighted by Crippen LogP contribution is -2.42. The van der Waals surface area contributed by atoms with E-state index in [1.165, 1.54) is 0 Å². The third kappa shape index (κ3) is 5.52. The maximum absolute atomic E-state index is 12.3. The van der Waals surface area contributed by atoms with Gasteiger partial charge in [-0.15, -0.1) is 0 Å². The fraction of sp³-hybridized carbons (Fsp3) is 0.600. The summed E-state index contributed by atoms with van der Waals surface area (Å²) < 4.78 is 0. The number of nitrogens with zero attached hydrogens (tertiary/aromatic N) is 2. The lowest BCUT2D eigenvalue weighted by atomic mass is 10.2. The smallest absolute Gasteiger partial charge is 0.271 e. The van der Waals surface area contributed by atoms with Gasteiger partial charge < -0.3 is 15.5 Å². The Kier molecular flexibility index (Phi) is 7.47. The van der Waals surface area contributed by atoms with Gasteiger partial charge in [-0.2, -0.15) is 0 Å². The highest BCUT2D eigenvalue weighted by atomic mass is 35.5. The van der Waals surface area contributed by atoms with Crippen molar-refractivity contribution < 1.29 is 4.79 Å². The van der Waals surface area contributed by atoms with Gasteiger partial charge in [0.2, 0.25) is 0 Å². The quantitative estimate of drug-likeness (QED) is 0.775. The van der Waals surface area contributed by atoms with Gasteiger partial charge in [-0.1, -0.05) is 25.4 Å². The monoisotopic (exact) mass is 312 g/mol. The summed E-state index contributed by atoms with van der Waals surface area (Å²) in [6.45, 7) is 11.7. The number of pyridine rings is 1. The fourth-order valence-electron chi connectivity index (χ4n) is 2.09. The number of anilines is 1. The molecule has 0 fully saturated rings. The molecule has 0 aliphatic heterocycles. The Morgan fingerprint density at radius 2 is 2.00 bits per heavy atom. The van der Waals surface area contributed by atoms with Crippen LogP contribution in [0.2, 0.25) is 5.02 Å². The van der Waals surface area contributed by atoms with Gasteiger partial charge in [0, 0.05) is 19.1 Å². The molecule has 1 amide bonds. The van der Waals surface area contributed by atoms with Gasteiger partial charge in [0.25, 0.3) is 5.91 Å². The van der Waals surface area contributed by atoms with E-state index in [1.807, 2.05) is 13.8 Å². The molecule has 5 nitrogen and oxygen atoms in total. The van der Waals surface area contributed by atoms with E-state index in [-0.39, 0.29) is 17.6 Å². The van der Waals surface area contributed by atoms with Crippen LogP contribution in [0.1, 0.15) is 38.2 Å². The van der Waals surface area contributed by atoms with Gasteiger partial charge in [0.15, 0.2) is 0 Å². The maximum Gasteiger partial charge on any atom is 0.271 e. The van der Waals surface area contributed by atoms with E-state index in [1.54, 1.807) is 12.1 Å². The molecule has 1 aromatic heterocycles. The lowest BCUT2D eigenvalue weighted by Gasteiger charge is -2.23. The summed E-state index contributed by atoms with van der Waals surface area (Å²) >= 11 is 6.07. The van der Waals surface area contributed by atoms with Crippen molar-refractivity contribution in [3.8, 4) is 0 Å². The van der Waals surface area contributed by atoms with Crippen LogP contribution in [0.15, 0.2) is 12.1 Å². The first kappa shape index (κ1) is 17.7. The zero-order valence-electron chi connectivity index (χ0n) is 13.2. The number of carbonyl (C=O) groups excluding carboxylic acids is 1. The minimum atomic E-state index is -0.237. The van der Waals surface area contributed by atoms with E-state index in [0.29, 0.717) is 10.8 Å². The number of rotatable bonds is 8. The molecular formula is C15H25ClN4O. The van der Waals surface area contributed by atoms with Gasteiger partial charge in [0.1, 0.15) is 11.5 Å². The SMILES string of the molecule is CCNc1ccc(Cl)c(C(=O)NC(C)CN(CC)CC)n1. The number of carbonyl (C=O) groups is 1. The molecule has 0 aliphatic rings. The number of halogens is 1. The van der Waals surface area contributed by atoms with Crippen LogP contribution in [0.25, 0.3) is 0 Å². The zero-order valence-corrected chi connectivity index (χ0v) is 14.0. The number of amides is 1. The van der Waals surface area contributed by atoms with Crippen molar-refractivity contribution in [2.24, 2.45) is 0 Å². The summed E-state index contributed by atoms with van der Waals surface area (Å²) in [6.07, 6.45) is 0. The van der Waals surface area contributed by atoms with Gasteiger partial charge >= 0.3 is 0 Å². The average Bonchev–Trinajstić information content (AvgIpc) is 2.46. The molecule has 0 radical (unpaired) electrons. The van der Waals surface area contributed by atoms with E-state index in [2.05, 4.69) is 34.4 Å². The molecule has 1 heterocycles. The number of hydrogen-bond acceptors (Lipinski definition) is 4. The highest BCUT2D eigenvalue weighted by Gasteiger charge is 2.16. The second-order valence-corrected chi connectivity index (χ2v) is 5.32. The van der Waals surface area contributed by atoms with Crippen molar-refractivity contribution in [1.82, 2.24) is 15.2 Å². The highest BCUT2D eigenvalue weighted by molar-refractivity contribution is 6.33. The average molecular weight is 313 g/mol. The molecule has 1 rings (SSSR count). The molecule has 1 atom stereocenters. The van der Waals surface area contributed by atoms with Gasteiger partial charge in [-0.25, -0.2) is 4.98 Å². The molecule has 2 N–H and O–H groups in total. The van der Waals surface area contributed by atoms with Gasteiger partial charge in [-0.05, 0) is 39.1 Å². The van der Waals surface area contributed by atoms with Crippen LogP contribution in [0.4, 0.5) is 5.82 Å². The third-order valence-electron chi connectivity index (χ3n) is 3.22. The van der Waals surface area contributed by atoms with E-state index < -0.39 is 0 Å². The number of likely N-dealkylation sites (N-methyl/N-ethyl adjacent to an activating group) is 1. The molecule has 0 spiro atoms. The molecule has 6 heteroatoms. The summed E-state index contributed by atoms with van der Waals surface area (Å²) in [5.41, 5.74) is 0.265. The van der Waals surface area contributed by atoms with Crippen LogP contribution >= 0.6 is 11.6 Å². The van der Waals surface area contributed by atoms with E-state index in [4.69, 9.17) is 11.6 Å². The Balaban J connectivity index is 2.72. The minimum Gasteiger partial charge on any atom is -0.370 e. The number of aromatic nitrogens is 1. The number of nitrogens with one attached hydrogen (secondary N) is 2. The topological polar surface area (TPSA) is 57.3 Å². The molecule has 0 bridgehead atoms. The Morgan fingerprint density at radius 3 is 2.57 bits per heavy atom. The van der Waals surface area contributed by atoms with Crippen LogP contribution < -0.4 is 10.6 Å². The van der Waals surface area contributed by atoms with E-state index >= 15 is 0 Å². The van der Waals surface area contributed by atoms with Crippen molar-refractivity contribution >= 4 is 23.3 Å². The maximum atomic E-state index is 12.3. The van der Waals surface area contributed by atoms with E-state index in [9.17, 15) is 4.79 Å². The molecular weight excluding hydrogens is 288 g/mol. The van der Waals surface area contributed by atoms with Gasteiger partial charge in [-0.3, -0.25) is 4.79 Å². The molecule has 0 aromatic carbocycles.